The lowest BCUT2D eigenvalue weighted by atomic mass is 10.00. The van der Waals surface area contributed by atoms with Crippen molar-refractivity contribution in [2.45, 2.75) is 18.7 Å². The average Bonchev–Trinajstić information content (AvgIpc) is 2.84. The van der Waals surface area contributed by atoms with Gasteiger partial charge in [-0.25, -0.2) is 0 Å². The Morgan fingerprint density at radius 2 is 2.15 bits per heavy atom. The molecule has 0 saturated heterocycles. The van der Waals surface area contributed by atoms with Gasteiger partial charge < -0.3 is 15.3 Å². The summed E-state index contributed by atoms with van der Waals surface area (Å²) in [6.07, 6.45) is -5.10. The van der Waals surface area contributed by atoms with Gasteiger partial charge >= 0.3 is 6.18 Å². The molecule has 5 nitrogen and oxygen atoms in total. The van der Waals surface area contributed by atoms with Crippen LogP contribution < -0.4 is 5.73 Å². The molecule has 0 spiro atoms. The van der Waals surface area contributed by atoms with Crippen LogP contribution in [0.1, 0.15) is 28.4 Å². The molecule has 0 bridgehead atoms. The van der Waals surface area contributed by atoms with Crippen molar-refractivity contribution in [1.82, 2.24) is 0 Å². The lowest BCUT2D eigenvalue weighted by Gasteiger charge is -2.11. The zero-order valence-corrected chi connectivity index (χ0v) is 10.2. The van der Waals surface area contributed by atoms with E-state index in [1.165, 1.54) is 6.07 Å². The minimum absolute atomic E-state index is 0.0143. The molecular weight excluding hydrogens is 277 g/mol. The Labute approximate surface area is 112 Å². The molecule has 2 N–H and O–H groups in total. The second-order valence-electron chi connectivity index (χ2n) is 4.14. The lowest BCUT2D eigenvalue weighted by molar-refractivity contribution is -0.156. The average molecular weight is 288 g/mol. The molecular formula is C12H11F3N2O3. The van der Waals surface area contributed by atoms with Gasteiger partial charge in [0, 0.05) is 11.1 Å². The van der Waals surface area contributed by atoms with Gasteiger partial charge in [0.15, 0.2) is 12.7 Å². The van der Waals surface area contributed by atoms with E-state index in [2.05, 4.69) is 9.89 Å². The van der Waals surface area contributed by atoms with Gasteiger partial charge in [0.25, 0.3) is 0 Å². The summed E-state index contributed by atoms with van der Waals surface area (Å²) < 4.78 is 40.6. The highest BCUT2D eigenvalue weighted by atomic mass is 19.4. The van der Waals surface area contributed by atoms with Crippen LogP contribution in [0.5, 0.6) is 0 Å². The van der Waals surface area contributed by atoms with Crippen LogP contribution >= 0.6 is 0 Å². The number of alkyl halides is 3. The molecule has 8 heteroatoms. The molecule has 108 valence electrons. The third-order valence-electron chi connectivity index (χ3n) is 2.62. The van der Waals surface area contributed by atoms with Crippen LogP contribution in [0.15, 0.2) is 29.4 Å². The predicted octanol–water partition coefficient (Wildman–Crippen LogP) is 2.14. The van der Waals surface area contributed by atoms with Crippen LogP contribution in [0.4, 0.5) is 13.2 Å². The standard InChI is InChI=1S/C12H11F3N2O3/c13-12(14,15)6-19-10-5-9(20-17-10)7-3-1-2-4-8(7)11(16)18/h1-4,9H,5-6H2,(H2,16,18)/t9-/m1/s1. The minimum atomic E-state index is -4.44. The highest BCUT2D eigenvalue weighted by Gasteiger charge is 2.32. The SMILES string of the molecule is NC(=O)c1ccccc1[C@H]1CC(OCC(F)(F)F)=NO1. The highest BCUT2D eigenvalue weighted by Crippen LogP contribution is 2.30. The number of carbonyl (C=O) groups is 1. The monoisotopic (exact) mass is 288 g/mol. The third-order valence-corrected chi connectivity index (χ3v) is 2.62. The fraction of sp³-hybridized carbons (Fsp3) is 0.333. The maximum absolute atomic E-state index is 12.0. The lowest BCUT2D eigenvalue weighted by Crippen LogP contribution is -2.20. The summed E-state index contributed by atoms with van der Waals surface area (Å²) in [5, 5.41) is 3.44. The van der Waals surface area contributed by atoms with Crippen molar-refractivity contribution in [2.75, 3.05) is 6.61 Å². The van der Waals surface area contributed by atoms with Gasteiger partial charge in [-0.2, -0.15) is 13.2 Å². The summed E-state index contributed by atoms with van der Waals surface area (Å²) >= 11 is 0. The van der Waals surface area contributed by atoms with Crippen LogP contribution in [-0.4, -0.2) is 24.6 Å². The number of primary amides is 1. The van der Waals surface area contributed by atoms with Crippen molar-refractivity contribution in [3.05, 3.63) is 35.4 Å². The van der Waals surface area contributed by atoms with E-state index in [-0.39, 0.29) is 17.9 Å². The molecule has 2 rings (SSSR count). The number of halogens is 3. The fourth-order valence-electron chi connectivity index (χ4n) is 1.77. The van der Waals surface area contributed by atoms with Crippen LogP contribution in [0.2, 0.25) is 0 Å². The molecule has 1 aliphatic heterocycles. The van der Waals surface area contributed by atoms with Crippen LogP contribution in [-0.2, 0) is 9.57 Å². The van der Waals surface area contributed by atoms with Crippen molar-refractivity contribution in [2.24, 2.45) is 10.9 Å². The van der Waals surface area contributed by atoms with Crippen LogP contribution in [0.25, 0.3) is 0 Å². The summed E-state index contributed by atoms with van der Waals surface area (Å²) in [4.78, 5) is 16.3. The summed E-state index contributed by atoms with van der Waals surface area (Å²) in [6, 6.07) is 6.41. The van der Waals surface area contributed by atoms with E-state index in [4.69, 9.17) is 10.6 Å². The van der Waals surface area contributed by atoms with Crippen LogP contribution in [0, 0.1) is 0 Å². The van der Waals surface area contributed by atoms with Gasteiger partial charge in [-0.05, 0) is 6.07 Å². The van der Waals surface area contributed by atoms with E-state index in [0.717, 1.165) is 0 Å². The van der Waals surface area contributed by atoms with Crippen molar-refractivity contribution >= 4 is 11.8 Å². The largest absolute Gasteiger partial charge is 0.469 e. The molecule has 0 aromatic heterocycles. The van der Waals surface area contributed by atoms with Gasteiger partial charge in [-0.15, -0.1) is 0 Å². The molecule has 1 aromatic carbocycles. The number of nitrogens with zero attached hydrogens (tertiary/aromatic N) is 1. The predicted molar refractivity (Wildman–Crippen MR) is 62.8 cm³/mol. The molecule has 1 aliphatic rings. The Morgan fingerprint density at radius 1 is 1.45 bits per heavy atom. The molecule has 20 heavy (non-hydrogen) atoms. The number of carbonyl (C=O) groups excluding carboxylic acids is 1. The summed E-state index contributed by atoms with van der Waals surface area (Å²) in [6.45, 7) is -1.43. The first-order valence-corrected chi connectivity index (χ1v) is 5.68. The van der Waals surface area contributed by atoms with Gasteiger partial charge in [0.05, 0.1) is 6.42 Å². The number of nitrogens with two attached hydrogens (primary N) is 1. The van der Waals surface area contributed by atoms with Gasteiger partial charge in [0.1, 0.15) is 0 Å². The second kappa shape index (κ2) is 5.40. The van der Waals surface area contributed by atoms with Crippen molar-refractivity contribution in [1.29, 1.82) is 0 Å². The number of rotatable bonds is 3. The Kier molecular flexibility index (Phi) is 3.82. The van der Waals surface area contributed by atoms with E-state index >= 15 is 0 Å². The van der Waals surface area contributed by atoms with Crippen molar-refractivity contribution < 1.29 is 27.5 Å². The number of hydrogen-bond donors (Lipinski definition) is 1. The summed E-state index contributed by atoms with van der Waals surface area (Å²) in [5.41, 5.74) is 5.93. The third kappa shape index (κ3) is 3.40. The van der Waals surface area contributed by atoms with E-state index in [1.807, 2.05) is 0 Å². The number of hydrogen-bond acceptors (Lipinski definition) is 4. The quantitative estimate of drug-likeness (QED) is 0.926. The van der Waals surface area contributed by atoms with Gasteiger partial charge in [-0.1, -0.05) is 23.4 Å². The Morgan fingerprint density at radius 3 is 2.80 bits per heavy atom. The molecule has 0 saturated carbocycles. The second-order valence-corrected chi connectivity index (χ2v) is 4.14. The Hall–Kier alpha value is -2.25. The molecule has 0 unspecified atom stereocenters. The normalized spacial score (nSPS) is 18.4. The number of benzene rings is 1. The van der Waals surface area contributed by atoms with Crippen molar-refractivity contribution in [3.8, 4) is 0 Å². The number of amides is 1. The first-order valence-electron chi connectivity index (χ1n) is 5.68. The molecule has 0 fully saturated rings. The maximum atomic E-state index is 12.0. The van der Waals surface area contributed by atoms with E-state index in [9.17, 15) is 18.0 Å². The smallest absolute Gasteiger partial charge is 0.422 e. The van der Waals surface area contributed by atoms with Crippen LogP contribution in [0.3, 0.4) is 0 Å². The number of oxime groups is 1. The zero-order valence-electron chi connectivity index (χ0n) is 10.2. The summed E-state index contributed by atoms with van der Waals surface area (Å²) in [7, 11) is 0. The topological polar surface area (TPSA) is 73.9 Å². The molecule has 1 atom stereocenters. The van der Waals surface area contributed by atoms with E-state index in [1.54, 1.807) is 18.2 Å². The zero-order chi connectivity index (χ0) is 14.8. The molecule has 1 amide bonds. The summed E-state index contributed by atoms with van der Waals surface area (Å²) in [5.74, 6) is -0.805. The molecule has 1 aromatic rings. The van der Waals surface area contributed by atoms with Gasteiger partial charge in [-0.3, -0.25) is 4.79 Å². The molecule has 0 aliphatic carbocycles. The van der Waals surface area contributed by atoms with E-state index < -0.39 is 24.8 Å². The first-order chi connectivity index (χ1) is 9.37. The van der Waals surface area contributed by atoms with E-state index in [0.29, 0.717) is 5.56 Å². The number of ether oxygens (including phenoxy) is 1. The molecule has 1 heterocycles. The highest BCUT2D eigenvalue weighted by molar-refractivity contribution is 5.94. The fourth-order valence-corrected chi connectivity index (χ4v) is 1.77. The van der Waals surface area contributed by atoms with Gasteiger partial charge in [0.2, 0.25) is 11.8 Å². The Bertz CT molecular complexity index is 543. The maximum Gasteiger partial charge on any atom is 0.422 e. The minimum Gasteiger partial charge on any atom is -0.469 e. The Balaban J connectivity index is 2.03. The first kappa shape index (κ1) is 14.2. The molecule has 0 radical (unpaired) electrons. The van der Waals surface area contributed by atoms with Crippen molar-refractivity contribution in [3.63, 3.8) is 0 Å².